The molecule has 106 valence electrons. The molecule has 0 aromatic carbocycles. The third-order valence-electron chi connectivity index (χ3n) is 2.93. The summed E-state index contributed by atoms with van der Waals surface area (Å²) < 4.78 is 1.54. The Morgan fingerprint density at radius 2 is 2.15 bits per heavy atom. The number of H-pyrrole nitrogens is 1. The quantitative estimate of drug-likeness (QED) is 0.748. The van der Waals surface area contributed by atoms with Gasteiger partial charge < -0.3 is 15.4 Å². The number of hydrogen-bond acceptors (Lipinski definition) is 4. The van der Waals surface area contributed by atoms with Gasteiger partial charge in [0.2, 0.25) is 0 Å². The van der Waals surface area contributed by atoms with Gasteiger partial charge in [0.25, 0.3) is 5.91 Å². The molecule has 2 rings (SSSR count). The van der Waals surface area contributed by atoms with Crippen molar-refractivity contribution in [3.8, 4) is 0 Å². The van der Waals surface area contributed by atoms with Crippen LogP contribution in [0, 0.1) is 13.8 Å². The van der Waals surface area contributed by atoms with Crippen LogP contribution in [0.4, 0.5) is 0 Å². The maximum Gasteiger partial charge on any atom is 0.352 e. The van der Waals surface area contributed by atoms with Crippen LogP contribution in [0.15, 0.2) is 6.33 Å². The molecule has 0 aliphatic heterocycles. The van der Waals surface area contributed by atoms with E-state index >= 15 is 0 Å². The summed E-state index contributed by atoms with van der Waals surface area (Å²) in [5.74, 6) is -0.947. The second kappa shape index (κ2) is 5.16. The molecular formula is C12H15N5O3. The van der Waals surface area contributed by atoms with E-state index < -0.39 is 5.97 Å². The molecule has 20 heavy (non-hydrogen) atoms. The van der Waals surface area contributed by atoms with Gasteiger partial charge in [-0.2, -0.15) is 5.10 Å². The maximum atomic E-state index is 12.1. The van der Waals surface area contributed by atoms with Gasteiger partial charge in [-0.1, -0.05) is 0 Å². The van der Waals surface area contributed by atoms with Crippen molar-refractivity contribution >= 4 is 11.9 Å². The fraction of sp³-hybridized carbons (Fsp3) is 0.333. The van der Waals surface area contributed by atoms with Gasteiger partial charge in [-0.25, -0.2) is 9.78 Å². The highest BCUT2D eigenvalue weighted by Gasteiger charge is 2.21. The van der Waals surface area contributed by atoms with E-state index in [9.17, 15) is 9.59 Å². The fourth-order valence-electron chi connectivity index (χ4n) is 2.02. The van der Waals surface area contributed by atoms with Crippen molar-refractivity contribution in [2.75, 3.05) is 0 Å². The number of carbonyl (C=O) groups excluding carboxylic acids is 1. The number of aromatic amines is 1. The molecule has 0 atom stereocenters. The molecule has 8 nitrogen and oxygen atoms in total. The normalized spacial score (nSPS) is 10.6. The lowest BCUT2D eigenvalue weighted by Crippen LogP contribution is -2.24. The summed E-state index contributed by atoms with van der Waals surface area (Å²) in [7, 11) is 1.73. The molecule has 2 aromatic heterocycles. The topological polar surface area (TPSA) is 113 Å². The molecule has 0 saturated heterocycles. The van der Waals surface area contributed by atoms with Crippen LogP contribution in [0.5, 0.6) is 0 Å². The summed E-state index contributed by atoms with van der Waals surface area (Å²) in [6.07, 6.45) is 1.54. The van der Waals surface area contributed by atoms with Crippen LogP contribution in [0.3, 0.4) is 0 Å². The van der Waals surface area contributed by atoms with Crippen molar-refractivity contribution in [2.24, 2.45) is 7.05 Å². The maximum absolute atomic E-state index is 12.1. The number of aryl methyl sites for hydroxylation is 2. The van der Waals surface area contributed by atoms with Crippen LogP contribution in [-0.4, -0.2) is 36.7 Å². The van der Waals surface area contributed by atoms with Crippen LogP contribution in [0.2, 0.25) is 0 Å². The average Bonchev–Trinajstić information content (AvgIpc) is 2.91. The average molecular weight is 277 g/mol. The molecule has 0 bridgehead atoms. The number of aromatic nitrogens is 4. The van der Waals surface area contributed by atoms with Crippen molar-refractivity contribution in [1.82, 2.24) is 25.1 Å². The smallest absolute Gasteiger partial charge is 0.352 e. The van der Waals surface area contributed by atoms with Gasteiger partial charge in [-0.15, -0.1) is 0 Å². The van der Waals surface area contributed by atoms with Crippen LogP contribution in [-0.2, 0) is 13.6 Å². The Morgan fingerprint density at radius 1 is 1.45 bits per heavy atom. The zero-order valence-electron chi connectivity index (χ0n) is 11.4. The number of nitrogens with zero attached hydrogens (tertiary/aromatic N) is 3. The lowest BCUT2D eigenvalue weighted by Gasteiger charge is -2.03. The van der Waals surface area contributed by atoms with E-state index in [-0.39, 0.29) is 18.1 Å². The Labute approximate surface area is 114 Å². The summed E-state index contributed by atoms with van der Waals surface area (Å²) in [5.41, 5.74) is 1.31. The van der Waals surface area contributed by atoms with Gasteiger partial charge in [0.15, 0.2) is 5.82 Å². The van der Waals surface area contributed by atoms with Crippen molar-refractivity contribution in [3.63, 3.8) is 0 Å². The number of aromatic carboxylic acids is 1. The summed E-state index contributed by atoms with van der Waals surface area (Å²) in [5, 5.41) is 15.7. The predicted molar refractivity (Wildman–Crippen MR) is 69.4 cm³/mol. The van der Waals surface area contributed by atoms with Crippen molar-refractivity contribution < 1.29 is 14.7 Å². The van der Waals surface area contributed by atoms with Gasteiger partial charge in [-0.3, -0.25) is 9.48 Å². The molecule has 3 N–H and O–H groups in total. The van der Waals surface area contributed by atoms with Crippen LogP contribution in [0.1, 0.15) is 37.9 Å². The van der Waals surface area contributed by atoms with E-state index in [1.54, 1.807) is 20.9 Å². The van der Waals surface area contributed by atoms with Crippen molar-refractivity contribution in [2.45, 2.75) is 20.4 Å². The second-order valence-electron chi connectivity index (χ2n) is 4.45. The number of carboxylic acids is 1. The summed E-state index contributed by atoms with van der Waals surface area (Å²) in [4.78, 5) is 29.8. The Bertz CT molecular complexity index is 671. The molecule has 0 radical (unpaired) electrons. The number of hydrogen-bond donors (Lipinski definition) is 3. The minimum Gasteiger partial charge on any atom is -0.477 e. The highest BCUT2D eigenvalue weighted by molar-refractivity contribution is 6.00. The molecule has 2 heterocycles. The van der Waals surface area contributed by atoms with E-state index in [0.29, 0.717) is 22.6 Å². The minimum atomic E-state index is -1.09. The third kappa shape index (κ3) is 2.53. The van der Waals surface area contributed by atoms with Crippen LogP contribution < -0.4 is 5.32 Å². The summed E-state index contributed by atoms with van der Waals surface area (Å²) in [6.45, 7) is 3.44. The molecule has 0 unspecified atom stereocenters. The van der Waals surface area contributed by atoms with Gasteiger partial charge in [0, 0.05) is 12.7 Å². The first-order chi connectivity index (χ1) is 9.40. The molecule has 0 spiro atoms. The molecular weight excluding hydrogens is 262 g/mol. The standard InChI is InChI=1S/C12H15N5O3/c1-6-9(7(2)15-10(6)12(19)20)11(18)13-4-8-14-5-17(3)16-8/h5,15H,4H2,1-3H3,(H,13,18)(H,19,20). The first-order valence-electron chi connectivity index (χ1n) is 5.95. The highest BCUT2D eigenvalue weighted by Crippen LogP contribution is 2.17. The number of rotatable bonds is 4. The second-order valence-corrected chi connectivity index (χ2v) is 4.45. The summed E-state index contributed by atoms with van der Waals surface area (Å²) in [6, 6.07) is 0. The van der Waals surface area contributed by atoms with Crippen molar-refractivity contribution in [1.29, 1.82) is 0 Å². The van der Waals surface area contributed by atoms with E-state index in [4.69, 9.17) is 5.11 Å². The SMILES string of the molecule is Cc1[nH]c(C(=O)O)c(C)c1C(=O)NCc1ncn(C)n1. The van der Waals surface area contributed by atoms with Crippen molar-refractivity contribution in [3.05, 3.63) is 34.7 Å². The van der Waals surface area contributed by atoms with E-state index in [2.05, 4.69) is 20.4 Å². The summed E-state index contributed by atoms with van der Waals surface area (Å²) >= 11 is 0. The molecule has 0 aliphatic rings. The Hall–Kier alpha value is -2.64. The lowest BCUT2D eigenvalue weighted by atomic mass is 10.1. The van der Waals surface area contributed by atoms with Crippen LogP contribution >= 0.6 is 0 Å². The number of amides is 1. The number of carbonyl (C=O) groups is 2. The molecule has 0 fully saturated rings. The van der Waals surface area contributed by atoms with Crippen LogP contribution in [0.25, 0.3) is 0 Å². The molecule has 1 amide bonds. The number of carboxylic acid groups (broad SMARTS) is 1. The molecule has 0 saturated carbocycles. The van der Waals surface area contributed by atoms with E-state index in [1.165, 1.54) is 11.0 Å². The lowest BCUT2D eigenvalue weighted by molar-refractivity contribution is 0.0690. The zero-order valence-corrected chi connectivity index (χ0v) is 11.4. The largest absolute Gasteiger partial charge is 0.477 e. The fourth-order valence-corrected chi connectivity index (χ4v) is 2.02. The predicted octanol–water partition coefficient (Wildman–Crippen LogP) is 0.388. The first kappa shape index (κ1) is 13.8. The zero-order chi connectivity index (χ0) is 14.9. The van der Waals surface area contributed by atoms with Gasteiger partial charge in [0.1, 0.15) is 12.0 Å². The Morgan fingerprint density at radius 3 is 2.65 bits per heavy atom. The van der Waals surface area contributed by atoms with Gasteiger partial charge in [-0.05, 0) is 19.4 Å². The Kier molecular flexibility index (Phi) is 3.55. The Balaban J connectivity index is 2.15. The minimum absolute atomic E-state index is 0.0311. The van der Waals surface area contributed by atoms with Gasteiger partial charge in [0.05, 0.1) is 12.1 Å². The van der Waals surface area contributed by atoms with E-state index in [1.807, 2.05) is 0 Å². The molecule has 2 aromatic rings. The monoisotopic (exact) mass is 277 g/mol. The third-order valence-corrected chi connectivity index (χ3v) is 2.93. The molecule has 0 aliphatic carbocycles. The van der Waals surface area contributed by atoms with Gasteiger partial charge >= 0.3 is 5.97 Å². The first-order valence-corrected chi connectivity index (χ1v) is 5.95. The highest BCUT2D eigenvalue weighted by atomic mass is 16.4. The van der Waals surface area contributed by atoms with E-state index in [0.717, 1.165) is 0 Å². The molecule has 8 heteroatoms. The number of nitrogens with one attached hydrogen (secondary N) is 2.